The highest BCUT2D eigenvalue weighted by Crippen LogP contribution is 2.21. The van der Waals surface area contributed by atoms with Gasteiger partial charge in [-0.1, -0.05) is 0 Å². The van der Waals surface area contributed by atoms with Gasteiger partial charge in [-0.2, -0.15) is 11.3 Å². The number of nitrogens with one attached hydrogen (secondary N) is 2. The zero-order valence-corrected chi connectivity index (χ0v) is 12.9. The summed E-state index contributed by atoms with van der Waals surface area (Å²) in [6, 6.07) is 1.91. The van der Waals surface area contributed by atoms with Gasteiger partial charge < -0.3 is 20.6 Å². The normalized spacial score (nSPS) is 20.4. The van der Waals surface area contributed by atoms with Gasteiger partial charge in [-0.15, -0.1) is 0 Å². The van der Waals surface area contributed by atoms with Crippen molar-refractivity contribution in [1.29, 1.82) is 0 Å². The third kappa shape index (κ3) is 4.19. The summed E-state index contributed by atoms with van der Waals surface area (Å²) in [5.74, 6) is 0. The molecule has 2 heterocycles. The monoisotopic (exact) mass is 297 g/mol. The van der Waals surface area contributed by atoms with E-state index in [-0.39, 0.29) is 18.6 Å². The van der Waals surface area contributed by atoms with E-state index in [0.717, 1.165) is 31.5 Å². The minimum absolute atomic E-state index is 0.199. The van der Waals surface area contributed by atoms with Crippen LogP contribution in [0.5, 0.6) is 0 Å². The van der Waals surface area contributed by atoms with Crippen LogP contribution in [0, 0.1) is 0 Å². The Labute approximate surface area is 124 Å². The van der Waals surface area contributed by atoms with Crippen molar-refractivity contribution in [2.75, 3.05) is 26.7 Å². The zero-order chi connectivity index (χ0) is 14.6. The quantitative estimate of drug-likeness (QED) is 0.786. The zero-order valence-electron chi connectivity index (χ0n) is 12.1. The number of urea groups is 1. The second-order valence-corrected chi connectivity index (χ2v) is 6.47. The number of nitrogens with zero attached hydrogens (tertiary/aromatic N) is 1. The van der Waals surface area contributed by atoms with E-state index < -0.39 is 5.60 Å². The number of hydrogen-bond acceptors (Lipinski definition) is 4. The number of amides is 2. The molecule has 20 heavy (non-hydrogen) atoms. The summed E-state index contributed by atoms with van der Waals surface area (Å²) in [5, 5.41) is 19.9. The van der Waals surface area contributed by atoms with Gasteiger partial charge in [0.15, 0.2) is 0 Å². The third-order valence-electron chi connectivity index (χ3n) is 3.79. The van der Waals surface area contributed by atoms with Gasteiger partial charge in [-0.25, -0.2) is 4.79 Å². The summed E-state index contributed by atoms with van der Waals surface area (Å²) >= 11 is 1.54. The van der Waals surface area contributed by atoms with E-state index in [9.17, 15) is 9.90 Å². The molecule has 2 rings (SSSR count). The highest BCUT2D eigenvalue weighted by atomic mass is 32.1. The molecule has 0 aromatic carbocycles. The van der Waals surface area contributed by atoms with E-state index in [0.29, 0.717) is 0 Å². The number of piperidine rings is 1. The summed E-state index contributed by atoms with van der Waals surface area (Å²) in [6.07, 6.45) is 1.95. The second kappa shape index (κ2) is 6.56. The fourth-order valence-electron chi connectivity index (χ4n) is 2.31. The molecule has 5 nitrogen and oxygen atoms in total. The van der Waals surface area contributed by atoms with E-state index in [2.05, 4.69) is 22.6 Å². The number of hydrogen-bond donors (Lipinski definition) is 3. The smallest absolute Gasteiger partial charge is 0.315 e. The average molecular weight is 297 g/mol. The van der Waals surface area contributed by atoms with Crippen molar-refractivity contribution in [3.05, 3.63) is 22.4 Å². The topological polar surface area (TPSA) is 64.6 Å². The lowest BCUT2D eigenvalue weighted by Crippen LogP contribution is -2.49. The van der Waals surface area contributed by atoms with Crippen LogP contribution in [-0.4, -0.2) is 48.8 Å². The molecule has 1 fully saturated rings. The lowest BCUT2D eigenvalue weighted by molar-refractivity contribution is 0.0595. The number of thiophene rings is 1. The average Bonchev–Trinajstić information content (AvgIpc) is 2.94. The van der Waals surface area contributed by atoms with Crippen LogP contribution >= 0.6 is 11.3 Å². The minimum atomic E-state index is -1.02. The molecule has 3 N–H and O–H groups in total. The van der Waals surface area contributed by atoms with Crippen molar-refractivity contribution >= 4 is 17.4 Å². The number of carbonyl (C=O) groups is 1. The van der Waals surface area contributed by atoms with Gasteiger partial charge in [-0.3, -0.25) is 0 Å². The molecular weight excluding hydrogens is 274 g/mol. The van der Waals surface area contributed by atoms with E-state index >= 15 is 0 Å². The summed E-state index contributed by atoms with van der Waals surface area (Å²) < 4.78 is 0. The van der Waals surface area contributed by atoms with Crippen LogP contribution in [0.2, 0.25) is 0 Å². The number of carbonyl (C=O) groups excluding carboxylic acids is 1. The number of likely N-dealkylation sites (tertiary alicyclic amines) is 1. The Morgan fingerprint density at radius 1 is 1.55 bits per heavy atom. The van der Waals surface area contributed by atoms with Gasteiger partial charge in [0.1, 0.15) is 5.60 Å². The first-order chi connectivity index (χ1) is 9.47. The maximum atomic E-state index is 11.9. The molecule has 0 bridgehead atoms. The van der Waals surface area contributed by atoms with E-state index in [4.69, 9.17) is 0 Å². The molecule has 0 aliphatic carbocycles. The summed E-state index contributed by atoms with van der Waals surface area (Å²) in [6.45, 7) is 3.95. The molecule has 1 saturated heterocycles. The van der Waals surface area contributed by atoms with Gasteiger partial charge in [-0.05, 0) is 62.3 Å². The van der Waals surface area contributed by atoms with Crippen LogP contribution < -0.4 is 10.6 Å². The van der Waals surface area contributed by atoms with Crippen molar-refractivity contribution in [1.82, 2.24) is 15.5 Å². The number of rotatable bonds is 4. The van der Waals surface area contributed by atoms with Gasteiger partial charge in [0.05, 0.1) is 6.54 Å². The summed E-state index contributed by atoms with van der Waals surface area (Å²) in [4.78, 5) is 14.1. The van der Waals surface area contributed by atoms with Crippen LogP contribution in [0.3, 0.4) is 0 Å². The molecular formula is C14H23N3O2S. The standard InChI is InChI=1S/C14H23N3O2S/c1-14(19,11-5-8-20-9-11)10-15-13(18)16-12-3-6-17(2)7-4-12/h5,8-9,12,19H,3-4,6-7,10H2,1-2H3,(H2,15,16,18). The molecule has 6 heteroatoms. The molecule has 1 aliphatic rings. The molecule has 1 unspecified atom stereocenters. The van der Waals surface area contributed by atoms with E-state index in [1.165, 1.54) is 11.3 Å². The molecule has 1 aromatic heterocycles. The second-order valence-electron chi connectivity index (χ2n) is 5.69. The molecule has 1 atom stereocenters. The van der Waals surface area contributed by atoms with Crippen molar-refractivity contribution in [2.45, 2.75) is 31.4 Å². The molecule has 2 amide bonds. The van der Waals surface area contributed by atoms with Crippen LogP contribution in [-0.2, 0) is 5.60 Å². The highest BCUT2D eigenvalue weighted by Gasteiger charge is 2.25. The predicted octanol–water partition coefficient (Wildman–Crippen LogP) is 1.35. The lowest BCUT2D eigenvalue weighted by Gasteiger charge is -2.30. The minimum Gasteiger partial charge on any atom is -0.384 e. The van der Waals surface area contributed by atoms with E-state index in [1.54, 1.807) is 6.92 Å². The van der Waals surface area contributed by atoms with Crippen molar-refractivity contribution in [3.8, 4) is 0 Å². The molecule has 0 saturated carbocycles. The first kappa shape index (κ1) is 15.3. The highest BCUT2D eigenvalue weighted by molar-refractivity contribution is 7.08. The predicted molar refractivity (Wildman–Crippen MR) is 80.9 cm³/mol. The van der Waals surface area contributed by atoms with Crippen LogP contribution in [0.4, 0.5) is 4.79 Å². The fourth-order valence-corrected chi connectivity index (χ4v) is 3.10. The maximum absolute atomic E-state index is 11.9. The maximum Gasteiger partial charge on any atom is 0.315 e. The molecule has 112 valence electrons. The third-order valence-corrected chi connectivity index (χ3v) is 4.47. The first-order valence-electron chi connectivity index (χ1n) is 6.95. The lowest BCUT2D eigenvalue weighted by atomic mass is 9.99. The van der Waals surface area contributed by atoms with Crippen molar-refractivity contribution < 1.29 is 9.90 Å². The Kier molecular flexibility index (Phi) is 5.01. The molecule has 1 aliphatic heterocycles. The molecule has 1 aromatic rings. The largest absolute Gasteiger partial charge is 0.384 e. The van der Waals surface area contributed by atoms with Crippen molar-refractivity contribution in [3.63, 3.8) is 0 Å². The number of aliphatic hydroxyl groups is 1. The summed E-state index contributed by atoms with van der Waals surface area (Å²) in [5.41, 5.74) is -0.188. The van der Waals surface area contributed by atoms with Crippen LogP contribution in [0.15, 0.2) is 16.8 Å². The van der Waals surface area contributed by atoms with Gasteiger partial charge in [0, 0.05) is 6.04 Å². The summed E-state index contributed by atoms with van der Waals surface area (Å²) in [7, 11) is 2.09. The Morgan fingerprint density at radius 3 is 2.85 bits per heavy atom. The van der Waals surface area contributed by atoms with Gasteiger partial charge >= 0.3 is 6.03 Å². The fraction of sp³-hybridized carbons (Fsp3) is 0.643. The Balaban J connectivity index is 1.75. The first-order valence-corrected chi connectivity index (χ1v) is 7.89. The molecule has 0 radical (unpaired) electrons. The molecule has 0 spiro atoms. The Morgan fingerprint density at radius 2 is 2.25 bits per heavy atom. The van der Waals surface area contributed by atoms with E-state index in [1.807, 2.05) is 16.8 Å². The van der Waals surface area contributed by atoms with Crippen LogP contribution in [0.1, 0.15) is 25.3 Å². The van der Waals surface area contributed by atoms with Crippen LogP contribution in [0.25, 0.3) is 0 Å². The van der Waals surface area contributed by atoms with Crippen molar-refractivity contribution in [2.24, 2.45) is 0 Å². The Hall–Kier alpha value is -1.11. The SMILES string of the molecule is CN1CCC(NC(=O)NCC(C)(O)c2ccsc2)CC1. The van der Waals surface area contributed by atoms with Gasteiger partial charge in [0.2, 0.25) is 0 Å². The van der Waals surface area contributed by atoms with Gasteiger partial charge in [0.25, 0.3) is 0 Å². The Bertz CT molecular complexity index is 426.